The molecule has 0 heterocycles. The van der Waals surface area contributed by atoms with Crippen LogP contribution >= 0.6 is 0 Å². The molecule has 2 aromatic carbocycles. The Morgan fingerprint density at radius 3 is 2.62 bits per heavy atom. The van der Waals surface area contributed by atoms with E-state index in [1.165, 1.54) is 12.1 Å². The third kappa shape index (κ3) is 4.65. The average molecular weight is 346 g/mol. The van der Waals surface area contributed by atoms with Crippen molar-refractivity contribution in [3.8, 4) is 12.3 Å². The summed E-state index contributed by atoms with van der Waals surface area (Å²) in [5.41, 5.74) is 1.14. The summed E-state index contributed by atoms with van der Waals surface area (Å²) in [5.74, 6) is 1.21. The number of anilines is 1. The summed E-state index contributed by atoms with van der Waals surface area (Å²) in [6.45, 7) is -0.155. The Morgan fingerprint density at radius 2 is 1.92 bits per heavy atom. The molecule has 0 saturated carbocycles. The van der Waals surface area contributed by atoms with Crippen molar-refractivity contribution in [2.75, 3.05) is 11.9 Å². The van der Waals surface area contributed by atoms with E-state index in [9.17, 15) is 17.6 Å². The maximum Gasteiger partial charge on any atom is 0.243 e. The van der Waals surface area contributed by atoms with E-state index in [0.717, 1.165) is 12.1 Å². The van der Waals surface area contributed by atoms with Gasteiger partial charge in [0.1, 0.15) is 10.7 Å². The summed E-state index contributed by atoms with van der Waals surface area (Å²) in [7, 11) is -4.00. The first kappa shape index (κ1) is 17.7. The summed E-state index contributed by atoms with van der Waals surface area (Å²) in [5, 5.41) is 2.61. The van der Waals surface area contributed by atoms with Crippen molar-refractivity contribution in [2.24, 2.45) is 0 Å². The monoisotopic (exact) mass is 346 g/mol. The molecule has 2 aromatic rings. The zero-order chi connectivity index (χ0) is 17.6. The minimum absolute atomic E-state index is 0.103. The summed E-state index contributed by atoms with van der Waals surface area (Å²) in [6.07, 6.45) is 5.17. The quantitative estimate of drug-likeness (QED) is 0.787. The van der Waals surface area contributed by atoms with E-state index < -0.39 is 20.7 Å². The molecule has 124 valence electrons. The lowest BCUT2D eigenvalue weighted by molar-refractivity contribution is -0.116. The molecule has 2 N–H and O–H groups in total. The van der Waals surface area contributed by atoms with Crippen LogP contribution in [0.3, 0.4) is 0 Å². The van der Waals surface area contributed by atoms with Crippen LogP contribution < -0.4 is 10.0 Å². The molecular formula is C17H15FN2O3S. The molecule has 0 saturated heterocycles. The van der Waals surface area contributed by atoms with Gasteiger partial charge < -0.3 is 5.32 Å². The van der Waals surface area contributed by atoms with Gasteiger partial charge in [0.15, 0.2) is 0 Å². The van der Waals surface area contributed by atoms with Gasteiger partial charge in [-0.15, -0.1) is 6.42 Å². The molecule has 2 rings (SSSR count). The van der Waals surface area contributed by atoms with E-state index in [-0.39, 0.29) is 18.9 Å². The molecule has 0 unspecified atom stereocenters. The maximum absolute atomic E-state index is 13.5. The molecule has 24 heavy (non-hydrogen) atoms. The number of nitrogens with one attached hydrogen (secondary N) is 2. The van der Waals surface area contributed by atoms with Crippen LogP contribution in [-0.2, 0) is 14.8 Å². The van der Waals surface area contributed by atoms with Crippen molar-refractivity contribution in [2.45, 2.75) is 11.3 Å². The smallest absolute Gasteiger partial charge is 0.243 e. The van der Waals surface area contributed by atoms with E-state index in [2.05, 4.69) is 16.0 Å². The van der Waals surface area contributed by atoms with Gasteiger partial charge >= 0.3 is 0 Å². The first-order valence-corrected chi connectivity index (χ1v) is 8.51. The second kappa shape index (κ2) is 7.73. The Balaban J connectivity index is 1.91. The predicted octanol–water partition coefficient (Wildman–Crippen LogP) is 2.11. The van der Waals surface area contributed by atoms with Gasteiger partial charge in [-0.3, -0.25) is 4.79 Å². The van der Waals surface area contributed by atoms with Gasteiger partial charge in [-0.1, -0.05) is 24.1 Å². The highest BCUT2D eigenvalue weighted by Gasteiger charge is 2.18. The fourth-order valence-electron chi connectivity index (χ4n) is 1.95. The Labute approximate surface area is 139 Å². The normalized spacial score (nSPS) is 10.8. The molecule has 0 aliphatic heterocycles. The lowest BCUT2D eigenvalue weighted by Crippen LogP contribution is -2.28. The lowest BCUT2D eigenvalue weighted by atomic mass is 10.2. The van der Waals surface area contributed by atoms with E-state index >= 15 is 0 Å². The van der Waals surface area contributed by atoms with Gasteiger partial charge in [0.2, 0.25) is 15.9 Å². The lowest BCUT2D eigenvalue weighted by Gasteiger charge is -2.08. The third-order valence-electron chi connectivity index (χ3n) is 3.08. The molecular weight excluding hydrogens is 331 g/mol. The minimum atomic E-state index is -4.00. The van der Waals surface area contributed by atoms with Crippen molar-refractivity contribution in [1.29, 1.82) is 0 Å². The van der Waals surface area contributed by atoms with Crippen LogP contribution in [0.15, 0.2) is 53.4 Å². The zero-order valence-electron chi connectivity index (χ0n) is 12.6. The number of rotatable bonds is 6. The third-order valence-corrected chi connectivity index (χ3v) is 4.58. The van der Waals surface area contributed by atoms with Crippen LogP contribution in [0, 0.1) is 18.2 Å². The summed E-state index contributed by atoms with van der Waals surface area (Å²) in [6, 6.07) is 11.7. The van der Waals surface area contributed by atoms with Gasteiger partial charge in [-0.2, -0.15) is 0 Å². The maximum atomic E-state index is 13.5. The Hall–Kier alpha value is -2.69. The Kier molecular flexibility index (Phi) is 5.68. The molecule has 0 atom stereocenters. The molecule has 1 amide bonds. The fourth-order valence-corrected chi connectivity index (χ4v) is 3.06. The molecule has 0 fully saturated rings. The largest absolute Gasteiger partial charge is 0.326 e. The number of halogens is 1. The first-order chi connectivity index (χ1) is 11.4. The molecule has 0 aliphatic rings. The van der Waals surface area contributed by atoms with E-state index in [0.29, 0.717) is 11.3 Å². The second-order valence-electron chi connectivity index (χ2n) is 4.85. The standard InChI is InChI=1S/C17H15FN2O3S/c1-2-13-6-5-7-14(12-13)20-17(21)10-11-19-24(22,23)16-9-4-3-8-15(16)18/h1,3-9,12,19H,10-11H2,(H,20,21). The van der Waals surface area contributed by atoms with Crippen LogP contribution in [0.2, 0.25) is 0 Å². The SMILES string of the molecule is C#Cc1cccc(NC(=O)CCNS(=O)(=O)c2ccccc2F)c1. The van der Waals surface area contributed by atoms with E-state index in [1.807, 2.05) is 0 Å². The topological polar surface area (TPSA) is 75.3 Å². The number of sulfonamides is 1. The van der Waals surface area contributed by atoms with Crippen molar-refractivity contribution in [3.05, 3.63) is 59.9 Å². The van der Waals surface area contributed by atoms with Crippen molar-refractivity contribution >= 4 is 21.6 Å². The number of hydrogen-bond acceptors (Lipinski definition) is 3. The van der Waals surface area contributed by atoms with Crippen molar-refractivity contribution < 1.29 is 17.6 Å². The molecule has 0 bridgehead atoms. The highest BCUT2D eigenvalue weighted by atomic mass is 32.2. The highest BCUT2D eigenvalue weighted by molar-refractivity contribution is 7.89. The number of carbonyl (C=O) groups is 1. The number of hydrogen-bond donors (Lipinski definition) is 2. The van der Waals surface area contributed by atoms with Gasteiger partial charge in [0.05, 0.1) is 0 Å². The predicted molar refractivity (Wildman–Crippen MR) is 89.2 cm³/mol. The second-order valence-corrected chi connectivity index (χ2v) is 6.59. The van der Waals surface area contributed by atoms with E-state index in [1.54, 1.807) is 24.3 Å². The van der Waals surface area contributed by atoms with Crippen molar-refractivity contribution in [3.63, 3.8) is 0 Å². The molecule has 0 aromatic heterocycles. The summed E-state index contributed by atoms with van der Waals surface area (Å²) in [4.78, 5) is 11.4. The summed E-state index contributed by atoms with van der Waals surface area (Å²) < 4.78 is 39.7. The van der Waals surface area contributed by atoms with Gasteiger partial charge in [-0.05, 0) is 30.3 Å². The van der Waals surface area contributed by atoms with Crippen LogP contribution in [0.4, 0.5) is 10.1 Å². The van der Waals surface area contributed by atoms with Crippen molar-refractivity contribution in [1.82, 2.24) is 4.72 Å². The van der Waals surface area contributed by atoms with Gasteiger partial charge in [0.25, 0.3) is 0 Å². The van der Waals surface area contributed by atoms with Crippen LogP contribution in [-0.4, -0.2) is 20.9 Å². The number of carbonyl (C=O) groups excluding carboxylic acids is 1. The summed E-state index contributed by atoms with van der Waals surface area (Å²) >= 11 is 0. The minimum Gasteiger partial charge on any atom is -0.326 e. The zero-order valence-corrected chi connectivity index (χ0v) is 13.4. The van der Waals surface area contributed by atoms with Crippen LogP contribution in [0.1, 0.15) is 12.0 Å². The van der Waals surface area contributed by atoms with E-state index in [4.69, 9.17) is 6.42 Å². The molecule has 7 heteroatoms. The number of terminal acetylenes is 1. The molecule has 0 aliphatic carbocycles. The number of amides is 1. The fraction of sp³-hybridized carbons (Fsp3) is 0.118. The Morgan fingerprint density at radius 1 is 1.17 bits per heavy atom. The van der Waals surface area contributed by atoms with Crippen LogP contribution in [0.25, 0.3) is 0 Å². The first-order valence-electron chi connectivity index (χ1n) is 7.03. The molecule has 0 radical (unpaired) electrons. The van der Waals surface area contributed by atoms with Gasteiger partial charge in [-0.25, -0.2) is 17.5 Å². The van der Waals surface area contributed by atoms with Gasteiger partial charge in [0, 0.05) is 24.2 Å². The molecule has 0 spiro atoms. The highest BCUT2D eigenvalue weighted by Crippen LogP contribution is 2.13. The molecule has 5 nitrogen and oxygen atoms in total. The van der Waals surface area contributed by atoms with Crippen LogP contribution in [0.5, 0.6) is 0 Å². The average Bonchev–Trinajstić information content (AvgIpc) is 2.55. The number of benzene rings is 2. The Bertz CT molecular complexity index is 889.